The lowest BCUT2D eigenvalue weighted by molar-refractivity contribution is -0.133. The van der Waals surface area contributed by atoms with Gasteiger partial charge in [-0.2, -0.15) is 0 Å². The Bertz CT molecular complexity index is 1090. The molecule has 2 aromatic carbocycles. The van der Waals surface area contributed by atoms with Crippen LogP contribution in [0.3, 0.4) is 0 Å². The van der Waals surface area contributed by atoms with Gasteiger partial charge in [-0.1, -0.05) is 24.3 Å². The van der Waals surface area contributed by atoms with Crippen molar-refractivity contribution in [2.24, 2.45) is 5.73 Å². The summed E-state index contributed by atoms with van der Waals surface area (Å²) >= 11 is 0. The molecule has 1 amide bonds. The lowest BCUT2D eigenvalue weighted by atomic mass is 10.1. The predicted molar refractivity (Wildman–Crippen MR) is 114 cm³/mol. The first kappa shape index (κ1) is 22.8. The molecule has 4 N–H and O–H groups in total. The van der Waals surface area contributed by atoms with Crippen LogP contribution in [0.5, 0.6) is 11.5 Å². The largest absolute Gasteiger partial charge is 0.453 e. The fraction of sp³-hybridized carbons (Fsp3) is 0.174. The molecular formula is C23H22F2N4O3. The van der Waals surface area contributed by atoms with E-state index in [1.807, 2.05) is 0 Å². The zero-order valence-corrected chi connectivity index (χ0v) is 17.3. The summed E-state index contributed by atoms with van der Waals surface area (Å²) in [6, 6.07) is 12.0. The minimum absolute atomic E-state index is 0.0535. The second kappa shape index (κ2) is 10.5. The van der Waals surface area contributed by atoms with Crippen molar-refractivity contribution in [3.05, 3.63) is 89.2 Å². The number of aromatic nitrogens is 1. The maximum atomic E-state index is 15.2. The standard InChI is InChI=1S/C23H22F2N4O3/c1-2-31-21(23(30)29-12-14-5-7-15(8-6-14)22(26)27)19-17(24)9-10-18(20(19)25)32-16-4-3-11-28-13-16/h3-11,13,21H,2,12H2,1H3,(H3,26,27)(H,29,30). The highest BCUT2D eigenvalue weighted by Crippen LogP contribution is 2.32. The van der Waals surface area contributed by atoms with Gasteiger partial charge in [0.05, 0.1) is 11.8 Å². The van der Waals surface area contributed by atoms with Gasteiger partial charge < -0.3 is 20.5 Å². The van der Waals surface area contributed by atoms with Crippen LogP contribution in [0.15, 0.2) is 60.9 Å². The topological polar surface area (TPSA) is 110 Å². The number of hydrogen-bond donors (Lipinski definition) is 3. The van der Waals surface area contributed by atoms with Gasteiger partial charge in [0, 0.05) is 24.9 Å². The van der Waals surface area contributed by atoms with Crippen LogP contribution in [-0.2, 0) is 16.1 Å². The van der Waals surface area contributed by atoms with Crippen molar-refractivity contribution < 1.29 is 23.0 Å². The van der Waals surface area contributed by atoms with Crippen molar-refractivity contribution in [3.63, 3.8) is 0 Å². The van der Waals surface area contributed by atoms with Crippen LogP contribution >= 0.6 is 0 Å². The molecule has 1 unspecified atom stereocenters. The third kappa shape index (κ3) is 5.44. The number of amides is 1. The number of halogens is 2. The number of pyridine rings is 1. The number of carbonyl (C=O) groups is 1. The molecule has 0 aliphatic carbocycles. The van der Waals surface area contributed by atoms with Gasteiger partial charge >= 0.3 is 0 Å². The van der Waals surface area contributed by atoms with Crippen molar-refractivity contribution in [2.45, 2.75) is 19.6 Å². The van der Waals surface area contributed by atoms with Gasteiger partial charge in [0.1, 0.15) is 17.4 Å². The summed E-state index contributed by atoms with van der Waals surface area (Å²) < 4.78 is 40.6. The van der Waals surface area contributed by atoms with Crippen molar-refractivity contribution in [1.82, 2.24) is 10.3 Å². The lowest BCUT2D eigenvalue weighted by Gasteiger charge is -2.20. The molecule has 0 bridgehead atoms. The highest BCUT2D eigenvalue weighted by atomic mass is 19.1. The SMILES string of the molecule is CCOC(C(=O)NCc1ccc(C(=N)N)cc1)c1c(F)ccc(Oc2cccnc2)c1F. The normalized spacial score (nSPS) is 11.6. The molecule has 0 spiro atoms. The van der Waals surface area contributed by atoms with E-state index < -0.39 is 29.2 Å². The van der Waals surface area contributed by atoms with Gasteiger partial charge in [-0.15, -0.1) is 0 Å². The minimum Gasteiger partial charge on any atom is -0.453 e. The molecule has 166 valence electrons. The number of carbonyl (C=O) groups excluding carboxylic acids is 1. The molecule has 1 atom stereocenters. The van der Waals surface area contributed by atoms with Crippen LogP contribution in [0.25, 0.3) is 0 Å². The molecule has 1 heterocycles. The summed E-state index contributed by atoms with van der Waals surface area (Å²) in [7, 11) is 0. The van der Waals surface area contributed by atoms with Gasteiger partial charge in [0.2, 0.25) is 0 Å². The van der Waals surface area contributed by atoms with Gasteiger partial charge in [0.25, 0.3) is 5.91 Å². The number of nitrogens with zero attached hydrogens (tertiary/aromatic N) is 1. The Labute approximate surface area is 183 Å². The first-order valence-corrected chi connectivity index (χ1v) is 9.79. The average Bonchev–Trinajstić information content (AvgIpc) is 2.80. The zero-order valence-electron chi connectivity index (χ0n) is 17.3. The van der Waals surface area contributed by atoms with Crippen molar-refractivity contribution in [2.75, 3.05) is 6.61 Å². The molecule has 3 rings (SSSR count). The Balaban J connectivity index is 1.81. The maximum absolute atomic E-state index is 15.2. The first-order valence-electron chi connectivity index (χ1n) is 9.79. The number of ether oxygens (including phenoxy) is 2. The number of amidine groups is 1. The van der Waals surface area contributed by atoms with Gasteiger partial charge in [-0.05, 0) is 36.8 Å². The van der Waals surface area contributed by atoms with Crippen LogP contribution in [0.2, 0.25) is 0 Å². The molecule has 9 heteroatoms. The Hall–Kier alpha value is -3.85. The zero-order chi connectivity index (χ0) is 23.1. The van der Waals surface area contributed by atoms with E-state index in [9.17, 15) is 9.18 Å². The van der Waals surface area contributed by atoms with E-state index in [0.29, 0.717) is 11.1 Å². The summed E-state index contributed by atoms with van der Waals surface area (Å²) in [4.78, 5) is 16.7. The Kier molecular flexibility index (Phi) is 7.45. The summed E-state index contributed by atoms with van der Waals surface area (Å²) in [5.74, 6) is -2.74. The number of benzene rings is 2. The van der Waals surface area contributed by atoms with Crippen LogP contribution in [-0.4, -0.2) is 23.3 Å². The number of nitrogens with two attached hydrogens (primary N) is 1. The van der Waals surface area contributed by atoms with E-state index >= 15 is 4.39 Å². The molecule has 0 aliphatic heterocycles. The van der Waals surface area contributed by atoms with E-state index in [1.165, 1.54) is 12.4 Å². The first-order chi connectivity index (χ1) is 15.4. The van der Waals surface area contributed by atoms with Crippen LogP contribution in [0, 0.1) is 17.0 Å². The summed E-state index contributed by atoms with van der Waals surface area (Å²) in [6.07, 6.45) is 1.39. The van der Waals surface area contributed by atoms with E-state index in [0.717, 1.165) is 12.1 Å². The molecule has 32 heavy (non-hydrogen) atoms. The third-order valence-corrected chi connectivity index (χ3v) is 4.52. The lowest BCUT2D eigenvalue weighted by Crippen LogP contribution is -2.31. The van der Waals surface area contributed by atoms with Crippen LogP contribution in [0.1, 0.15) is 29.7 Å². The highest BCUT2D eigenvalue weighted by Gasteiger charge is 2.30. The number of rotatable bonds is 9. The molecule has 7 nitrogen and oxygen atoms in total. The highest BCUT2D eigenvalue weighted by molar-refractivity contribution is 5.94. The molecule has 0 saturated carbocycles. The van der Waals surface area contributed by atoms with Crippen molar-refractivity contribution >= 4 is 11.7 Å². The van der Waals surface area contributed by atoms with E-state index in [1.54, 1.807) is 43.3 Å². The number of hydrogen-bond acceptors (Lipinski definition) is 5. The van der Waals surface area contributed by atoms with Gasteiger partial charge in [-0.25, -0.2) is 8.78 Å². The number of nitrogen functional groups attached to an aromatic ring is 1. The van der Waals surface area contributed by atoms with Crippen LogP contribution in [0.4, 0.5) is 8.78 Å². The number of nitrogens with one attached hydrogen (secondary N) is 2. The summed E-state index contributed by atoms with van der Waals surface area (Å²) in [5.41, 5.74) is 6.14. The van der Waals surface area contributed by atoms with Crippen molar-refractivity contribution in [1.29, 1.82) is 5.41 Å². The maximum Gasteiger partial charge on any atom is 0.254 e. The Morgan fingerprint density at radius 2 is 1.94 bits per heavy atom. The molecular weight excluding hydrogens is 418 g/mol. The minimum atomic E-state index is -1.52. The van der Waals surface area contributed by atoms with E-state index in [2.05, 4.69) is 10.3 Å². The average molecular weight is 440 g/mol. The third-order valence-electron chi connectivity index (χ3n) is 4.52. The Morgan fingerprint density at radius 3 is 2.56 bits per heavy atom. The molecule has 0 saturated heterocycles. The van der Waals surface area contributed by atoms with E-state index in [4.69, 9.17) is 20.6 Å². The molecule has 0 radical (unpaired) electrons. The predicted octanol–water partition coefficient (Wildman–Crippen LogP) is 3.83. The Morgan fingerprint density at radius 1 is 1.19 bits per heavy atom. The molecule has 1 aromatic heterocycles. The second-order valence-corrected chi connectivity index (χ2v) is 6.73. The quantitative estimate of drug-likeness (QED) is 0.346. The fourth-order valence-electron chi connectivity index (χ4n) is 2.94. The van der Waals surface area contributed by atoms with Gasteiger partial charge in [-0.3, -0.25) is 15.2 Å². The summed E-state index contributed by atoms with van der Waals surface area (Å²) in [6.45, 7) is 1.76. The molecule has 0 fully saturated rings. The van der Waals surface area contributed by atoms with Crippen molar-refractivity contribution in [3.8, 4) is 11.5 Å². The molecule has 3 aromatic rings. The van der Waals surface area contributed by atoms with Crippen LogP contribution < -0.4 is 15.8 Å². The van der Waals surface area contributed by atoms with Gasteiger partial charge in [0.15, 0.2) is 17.7 Å². The fourth-order valence-corrected chi connectivity index (χ4v) is 2.94. The smallest absolute Gasteiger partial charge is 0.254 e. The van der Waals surface area contributed by atoms with E-state index in [-0.39, 0.29) is 30.5 Å². The molecule has 0 aliphatic rings. The monoisotopic (exact) mass is 440 g/mol. The second-order valence-electron chi connectivity index (χ2n) is 6.73. The summed E-state index contributed by atoms with van der Waals surface area (Å²) in [5, 5.41) is 10.0.